The lowest BCUT2D eigenvalue weighted by Gasteiger charge is -2.10. The van der Waals surface area contributed by atoms with Crippen LogP contribution in [0.1, 0.15) is 17.3 Å². The van der Waals surface area contributed by atoms with Gasteiger partial charge in [0.25, 0.3) is 10.1 Å². The first kappa shape index (κ1) is 13.3. The highest BCUT2D eigenvalue weighted by Crippen LogP contribution is 2.32. The average Bonchev–Trinajstić information content (AvgIpc) is 2.31. The van der Waals surface area contributed by atoms with Gasteiger partial charge in [-0.25, -0.2) is 0 Å². The molecule has 100 valence electrons. The molecule has 0 spiro atoms. The third-order valence-corrected chi connectivity index (χ3v) is 3.71. The Hall–Kier alpha value is -2.12. The zero-order chi connectivity index (χ0) is 14.4. The molecule has 2 rings (SSSR count). The van der Waals surface area contributed by atoms with Crippen LogP contribution in [0.15, 0.2) is 29.2 Å². The van der Waals surface area contributed by atoms with Crippen LogP contribution in [0.2, 0.25) is 0 Å². The van der Waals surface area contributed by atoms with Gasteiger partial charge < -0.3 is 11.5 Å². The van der Waals surface area contributed by atoms with Crippen LogP contribution in [0.3, 0.4) is 0 Å². The summed E-state index contributed by atoms with van der Waals surface area (Å²) in [6.07, 6.45) is 0. The average molecular weight is 280 g/mol. The zero-order valence-electron chi connectivity index (χ0n) is 10.0. The van der Waals surface area contributed by atoms with E-state index in [1.165, 1.54) is 31.2 Å². The van der Waals surface area contributed by atoms with E-state index in [9.17, 15) is 13.2 Å². The number of ketones is 1. The minimum absolute atomic E-state index is 0.172. The van der Waals surface area contributed by atoms with E-state index in [4.69, 9.17) is 16.0 Å². The molecule has 0 fully saturated rings. The van der Waals surface area contributed by atoms with Crippen molar-refractivity contribution in [2.45, 2.75) is 11.8 Å². The Morgan fingerprint density at radius 2 is 1.79 bits per heavy atom. The van der Waals surface area contributed by atoms with Gasteiger partial charge in [0.2, 0.25) is 0 Å². The molecular formula is C12H12N2O4S. The Balaban J connectivity index is 2.94. The first-order valence-electron chi connectivity index (χ1n) is 5.32. The zero-order valence-corrected chi connectivity index (χ0v) is 10.9. The van der Waals surface area contributed by atoms with E-state index in [0.717, 1.165) is 0 Å². The summed E-state index contributed by atoms with van der Waals surface area (Å²) >= 11 is 0. The number of hydrogen-bond donors (Lipinski definition) is 3. The molecule has 0 bridgehead atoms. The van der Waals surface area contributed by atoms with Crippen molar-refractivity contribution in [2.75, 3.05) is 11.5 Å². The summed E-state index contributed by atoms with van der Waals surface area (Å²) in [5.74, 6) is -0.212. The second-order valence-corrected chi connectivity index (χ2v) is 5.59. The topological polar surface area (TPSA) is 123 Å². The molecular weight excluding hydrogens is 268 g/mol. The molecule has 0 aliphatic rings. The Kier molecular flexibility index (Phi) is 2.95. The number of nitrogen functional groups attached to an aromatic ring is 2. The van der Waals surface area contributed by atoms with Gasteiger partial charge in [0.15, 0.2) is 5.78 Å². The molecule has 0 amide bonds. The first-order chi connectivity index (χ1) is 8.71. The van der Waals surface area contributed by atoms with Gasteiger partial charge in [-0.3, -0.25) is 9.35 Å². The molecule has 7 heteroatoms. The summed E-state index contributed by atoms with van der Waals surface area (Å²) in [6.45, 7) is 1.38. The van der Waals surface area contributed by atoms with Gasteiger partial charge in [-0.15, -0.1) is 0 Å². The second-order valence-electron chi connectivity index (χ2n) is 4.17. The molecule has 19 heavy (non-hydrogen) atoms. The predicted molar refractivity (Wildman–Crippen MR) is 72.6 cm³/mol. The molecule has 2 aromatic rings. The number of carbonyl (C=O) groups excluding carboxylic acids is 1. The van der Waals surface area contributed by atoms with Crippen molar-refractivity contribution in [3.05, 3.63) is 29.8 Å². The fraction of sp³-hybridized carbons (Fsp3) is 0.0833. The molecule has 0 heterocycles. The van der Waals surface area contributed by atoms with Crippen molar-refractivity contribution in [3.63, 3.8) is 0 Å². The lowest BCUT2D eigenvalue weighted by atomic mass is 9.99. The smallest absolute Gasteiger partial charge is 0.294 e. The second kappa shape index (κ2) is 4.22. The normalized spacial score (nSPS) is 11.7. The Labute approximate surface area is 109 Å². The minimum Gasteiger partial charge on any atom is -0.397 e. The van der Waals surface area contributed by atoms with E-state index in [1.54, 1.807) is 0 Å². The highest BCUT2D eigenvalue weighted by molar-refractivity contribution is 7.85. The number of nitrogens with two attached hydrogens (primary N) is 2. The Morgan fingerprint density at radius 3 is 2.32 bits per heavy atom. The number of hydrogen-bond acceptors (Lipinski definition) is 5. The summed E-state index contributed by atoms with van der Waals surface area (Å²) < 4.78 is 31.2. The van der Waals surface area contributed by atoms with Gasteiger partial charge in [0, 0.05) is 10.9 Å². The van der Waals surface area contributed by atoms with Gasteiger partial charge in [-0.05, 0) is 30.5 Å². The van der Waals surface area contributed by atoms with Crippen molar-refractivity contribution < 1.29 is 17.8 Å². The number of Topliss-reactive ketones (excluding diaryl/α,β-unsaturated/α-hetero) is 1. The van der Waals surface area contributed by atoms with Crippen LogP contribution < -0.4 is 11.5 Å². The third-order valence-electron chi connectivity index (χ3n) is 2.86. The number of rotatable bonds is 2. The molecule has 5 N–H and O–H groups in total. The Morgan fingerprint density at radius 1 is 1.16 bits per heavy atom. The van der Waals surface area contributed by atoms with Crippen LogP contribution in [-0.2, 0) is 10.1 Å². The summed E-state index contributed by atoms with van der Waals surface area (Å²) in [6, 6.07) is 5.28. The number of anilines is 2. The third kappa shape index (κ3) is 2.25. The molecule has 0 atom stereocenters. The lowest BCUT2D eigenvalue weighted by Crippen LogP contribution is -2.03. The summed E-state index contributed by atoms with van der Waals surface area (Å²) in [7, 11) is -4.34. The van der Waals surface area contributed by atoms with Gasteiger partial charge >= 0.3 is 0 Å². The maximum absolute atomic E-state index is 11.5. The van der Waals surface area contributed by atoms with Crippen molar-refractivity contribution in [1.29, 1.82) is 0 Å². The van der Waals surface area contributed by atoms with E-state index in [1.807, 2.05) is 0 Å². The SMILES string of the molecule is CC(=O)c1cc(N)c(N)c2cc(S(=O)(=O)O)ccc12. The van der Waals surface area contributed by atoms with E-state index >= 15 is 0 Å². The van der Waals surface area contributed by atoms with Crippen LogP contribution in [0.5, 0.6) is 0 Å². The molecule has 0 saturated heterocycles. The Bertz CT molecular complexity index is 797. The van der Waals surface area contributed by atoms with E-state index in [2.05, 4.69) is 0 Å². The summed E-state index contributed by atoms with van der Waals surface area (Å²) in [5.41, 5.74) is 12.2. The van der Waals surface area contributed by atoms with E-state index in [0.29, 0.717) is 16.3 Å². The quantitative estimate of drug-likeness (QED) is 0.434. The van der Waals surface area contributed by atoms with Crippen molar-refractivity contribution in [1.82, 2.24) is 0 Å². The fourth-order valence-electron chi connectivity index (χ4n) is 1.90. The van der Waals surface area contributed by atoms with Crippen molar-refractivity contribution in [2.24, 2.45) is 0 Å². The minimum atomic E-state index is -4.34. The molecule has 0 radical (unpaired) electrons. The monoisotopic (exact) mass is 280 g/mol. The molecule has 0 unspecified atom stereocenters. The standard InChI is InChI=1S/C12H12N2O4S/c1-6(15)9-5-11(13)12(14)10-4-7(19(16,17)18)2-3-8(9)10/h2-5H,13-14H2,1H3,(H,16,17,18). The van der Waals surface area contributed by atoms with Crippen LogP contribution in [0, 0.1) is 0 Å². The van der Waals surface area contributed by atoms with Crippen LogP contribution in [-0.4, -0.2) is 18.8 Å². The number of carbonyl (C=O) groups is 1. The summed E-state index contributed by atoms with van der Waals surface area (Å²) in [5, 5.41) is 0.812. The molecule has 0 aliphatic carbocycles. The number of benzene rings is 2. The largest absolute Gasteiger partial charge is 0.397 e. The highest BCUT2D eigenvalue weighted by Gasteiger charge is 2.15. The van der Waals surface area contributed by atoms with Gasteiger partial charge in [0.1, 0.15) is 0 Å². The van der Waals surface area contributed by atoms with Gasteiger partial charge in [0.05, 0.1) is 16.3 Å². The maximum atomic E-state index is 11.5. The summed E-state index contributed by atoms with van der Waals surface area (Å²) in [4.78, 5) is 11.2. The van der Waals surface area contributed by atoms with Crippen molar-refractivity contribution in [3.8, 4) is 0 Å². The van der Waals surface area contributed by atoms with Gasteiger partial charge in [-0.1, -0.05) is 6.07 Å². The molecule has 2 aromatic carbocycles. The molecule has 6 nitrogen and oxygen atoms in total. The molecule has 0 aromatic heterocycles. The van der Waals surface area contributed by atoms with E-state index in [-0.39, 0.29) is 22.1 Å². The van der Waals surface area contributed by atoms with Gasteiger partial charge in [-0.2, -0.15) is 8.42 Å². The highest BCUT2D eigenvalue weighted by atomic mass is 32.2. The predicted octanol–water partition coefficient (Wildman–Crippen LogP) is 1.45. The maximum Gasteiger partial charge on any atom is 0.294 e. The van der Waals surface area contributed by atoms with Crippen LogP contribution >= 0.6 is 0 Å². The lowest BCUT2D eigenvalue weighted by molar-refractivity contribution is 0.101. The molecule has 0 saturated carbocycles. The van der Waals surface area contributed by atoms with Crippen LogP contribution in [0.4, 0.5) is 11.4 Å². The number of fused-ring (bicyclic) bond motifs is 1. The fourth-order valence-corrected chi connectivity index (χ4v) is 2.41. The van der Waals surface area contributed by atoms with Crippen molar-refractivity contribution >= 4 is 38.0 Å². The van der Waals surface area contributed by atoms with Crippen LogP contribution in [0.25, 0.3) is 10.8 Å². The van der Waals surface area contributed by atoms with E-state index < -0.39 is 10.1 Å². The molecule has 0 aliphatic heterocycles. The first-order valence-corrected chi connectivity index (χ1v) is 6.76.